The molecule has 2 rings (SSSR count). The van der Waals surface area contributed by atoms with E-state index >= 15 is 0 Å². The van der Waals surface area contributed by atoms with E-state index < -0.39 is 0 Å². The molecule has 1 atom stereocenters. The lowest BCUT2D eigenvalue weighted by atomic mass is 9.85. The molecule has 0 aliphatic carbocycles. The molecule has 2 N–H and O–H groups in total. The molecule has 19 heavy (non-hydrogen) atoms. The molecule has 1 heterocycles. The van der Waals surface area contributed by atoms with Gasteiger partial charge in [-0.2, -0.15) is 0 Å². The maximum absolute atomic E-state index is 6.31. The van der Waals surface area contributed by atoms with E-state index in [4.69, 9.17) is 10.5 Å². The van der Waals surface area contributed by atoms with Gasteiger partial charge in [0.25, 0.3) is 0 Å². The SMILES string of the molecule is CC(C)Oc1ccccc1N1CCCC(N)C1(C)C. The van der Waals surface area contributed by atoms with Crippen LogP contribution in [0, 0.1) is 0 Å². The number of anilines is 1. The molecule has 0 radical (unpaired) electrons. The Morgan fingerprint density at radius 2 is 2.00 bits per heavy atom. The summed E-state index contributed by atoms with van der Waals surface area (Å²) in [5, 5.41) is 0. The van der Waals surface area contributed by atoms with Gasteiger partial charge in [0, 0.05) is 18.1 Å². The average Bonchev–Trinajstić information content (AvgIpc) is 2.33. The highest BCUT2D eigenvalue weighted by Crippen LogP contribution is 2.37. The number of piperidine rings is 1. The number of hydrogen-bond donors (Lipinski definition) is 1. The van der Waals surface area contributed by atoms with E-state index in [2.05, 4.69) is 44.7 Å². The third kappa shape index (κ3) is 2.86. The minimum Gasteiger partial charge on any atom is -0.489 e. The molecule has 1 aliphatic heterocycles. The van der Waals surface area contributed by atoms with Crippen LogP contribution in [0.4, 0.5) is 5.69 Å². The summed E-state index contributed by atoms with van der Waals surface area (Å²) in [5.41, 5.74) is 7.44. The molecule has 1 saturated heterocycles. The molecule has 0 bridgehead atoms. The van der Waals surface area contributed by atoms with Gasteiger partial charge < -0.3 is 15.4 Å². The Balaban J connectivity index is 2.35. The molecule has 3 heteroatoms. The highest BCUT2D eigenvalue weighted by molar-refractivity contribution is 5.60. The molecule has 1 aliphatic rings. The Labute approximate surface area is 116 Å². The molecule has 1 aromatic carbocycles. The molecule has 1 fully saturated rings. The van der Waals surface area contributed by atoms with Crippen molar-refractivity contribution in [3.05, 3.63) is 24.3 Å². The van der Waals surface area contributed by atoms with Gasteiger partial charge in [0.15, 0.2) is 0 Å². The minimum atomic E-state index is -0.0330. The van der Waals surface area contributed by atoms with E-state index in [1.807, 2.05) is 12.1 Å². The first-order chi connectivity index (χ1) is 8.93. The van der Waals surface area contributed by atoms with Crippen molar-refractivity contribution < 1.29 is 4.74 Å². The standard InChI is InChI=1S/C16H26N2O/c1-12(2)19-14-9-6-5-8-13(14)18-11-7-10-15(17)16(18,3)4/h5-6,8-9,12,15H,7,10-11,17H2,1-4H3. The fourth-order valence-corrected chi connectivity index (χ4v) is 2.78. The fourth-order valence-electron chi connectivity index (χ4n) is 2.78. The molecular weight excluding hydrogens is 236 g/mol. The van der Waals surface area contributed by atoms with Gasteiger partial charge in [0.05, 0.1) is 11.8 Å². The zero-order valence-corrected chi connectivity index (χ0v) is 12.5. The summed E-state index contributed by atoms with van der Waals surface area (Å²) in [4.78, 5) is 2.40. The molecule has 3 nitrogen and oxygen atoms in total. The largest absolute Gasteiger partial charge is 0.489 e. The van der Waals surface area contributed by atoms with Gasteiger partial charge in [-0.3, -0.25) is 0 Å². The van der Waals surface area contributed by atoms with E-state index in [1.54, 1.807) is 0 Å². The van der Waals surface area contributed by atoms with Crippen molar-refractivity contribution in [3.8, 4) is 5.75 Å². The average molecular weight is 262 g/mol. The molecular formula is C16H26N2O. The Kier molecular flexibility index (Phi) is 4.04. The highest BCUT2D eigenvalue weighted by Gasteiger charge is 2.37. The van der Waals surface area contributed by atoms with Crippen molar-refractivity contribution >= 4 is 5.69 Å². The first-order valence-corrected chi connectivity index (χ1v) is 7.22. The summed E-state index contributed by atoms with van der Waals surface area (Å²) in [6, 6.07) is 8.48. The number of benzene rings is 1. The normalized spacial score (nSPS) is 22.6. The summed E-state index contributed by atoms with van der Waals surface area (Å²) in [6.45, 7) is 9.61. The van der Waals surface area contributed by atoms with Crippen LogP contribution in [0.1, 0.15) is 40.5 Å². The molecule has 1 aromatic rings. The lowest BCUT2D eigenvalue weighted by Gasteiger charge is -2.48. The third-order valence-electron chi connectivity index (χ3n) is 4.02. The Bertz CT molecular complexity index is 429. The number of para-hydroxylation sites is 2. The van der Waals surface area contributed by atoms with Crippen molar-refractivity contribution in [2.75, 3.05) is 11.4 Å². The van der Waals surface area contributed by atoms with Crippen LogP contribution in [0.25, 0.3) is 0 Å². The summed E-state index contributed by atoms with van der Waals surface area (Å²) in [7, 11) is 0. The smallest absolute Gasteiger partial charge is 0.142 e. The van der Waals surface area contributed by atoms with Crippen molar-refractivity contribution in [1.82, 2.24) is 0 Å². The number of ether oxygens (including phenoxy) is 1. The molecule has 0 spiro atoms. The number of rotatable bonds is 3. The van der Waals surface area contributed by atoms with Crippen LogP contribution in [0.3, 0.4) is 0 Å². The van der Waals surface area contributed by atoms with Crippen LogP contribution in [-0.4, -0.2) is 24.2 Å². The van der Waals surface area contributed by atoms with Crippen LogP contribution < -0.4 is 15.4 Å². The summed E-state index contributed by atoms with van der Waals surface area (Å²) < 4.78 is 5.94. The molecule has 106 valence electrons. The lowest BCUT2D eigenvalue weighted by Crippen LogP contribution is -2.60. The van der Waals surface area contributed by atoms with Gasteiger partial charge in [-0.15, -0.1) is 0 Å². The zero-order valence-electron chi connectivity index (χ0n) is 12.5. The Hall–Kier alpha value is -1.22. The lowest BCUT2D eigenvalue weighted by molar-refractivity contribution is 0.238. The Morgan fingerprint density at radius 1 is 1.32 bits per heavy atom. The third-order valence-corrected chi connectivity index (χ3v) is 4.02. The van der Waals surface area contributed by atoms with Gasteiger partial charge in [-0.25, -0.2) is 0 Å². The quantitative estimate of drug-likeness (QED) is 0.909. The summed E-state index contributed by atoms with van der Waals surface area (Å²) in [6.07, 6.45) is 2.42. The minimum absolute atomic E-state index is 0.0330. The topological polar surface area (TPSA) is 38.5 Å². The number of nitrogens with zero attached hydrogens (tertiary/aromatic N) is 1. The predicted molar refractivity (Wildman–Crippen MR) is 80.8 cm³/mol. The predicted octanol–water partition coefficient (Wildman–Crippen LogP) is 3.18. The zero-order chi connectivity index (χ0) is 14.0. The maximum Gasteiger partial charge on any atom is 0.142 e. The van der Waals surface area contributed by atoms with Crippen LogP contribution >= 0.6 is 0 Å². The van der Waals surface area contributed by atoms with Crippen LogP contribution in [0.15, 0.2) is 24.3 Å². The van der Waals surface area contributed by atoms with Crippen LogP contribution in [0.2, 0.25) is 0 Å². The monoisotopic (exact) mass is 262 g/mol. The second-order valence-electron chi connectivity index (χ2n) is 6.19. The molecule has 1 unspecified atom stereocenters. The van der Waals surface area contributed by atoms with Crippen LogP contribution in [0.5, 0.6) is 5.75 Å². The van der Waals surface area contributed by atoms with Crippen molar-refractivity contribution in [2.24, 2.45) is 5.73 Å². The van der Waals surface area contributed by atoms with E-state index in [0.717, 1.165) is 30.8 Å². The van der Waals surface area contributed by atoms with Gasteiger partial charge in [0.2, 0.25) is 0 Å². The summed E-state index contributed by atoms with van der Waals surface area (Å²) in [5.74, 6) is 0.958. The fraction of sp³-hybridized carbons (Fsp3) is 0.625. The van der Waals surface area contributed by atoms with Crippen molar-refractivity contribution in [2.45, 2.75) is 58.2 Å². The van der Waals surface area contributed by atoms with E-state index in [0.29, 0.717) is 0 Å². The van der Waals surface area contributed by atoms with E-state index in [1.165, 1.54) is 0 Å². The van der Waals surface area contributed by atoms with Crippen molar-refractivity contribution in [3.63, 3.8) is 0 Å². The first-order valence-electron chi connectivity index (χ1n) is 7.22. The number of hydrogen-bond acceptors (Lipinski definition) is 3. The van der Waals surface area contributed by atoms with E-state index in [9.17, 15) is 0 Å². The Morgan fingerprint density at radius 3 is 2.68 bits per heavy atom. The summed E-state index contributed by atoms with van der Waals surface area (Å²) >= 11 is 0. The first kappa shape index (κ1) is 14.2. The van der Waals surface area contributed by atoms with Crippen LogP contribution in [-0.2, 0) is 0 Å². The van der Waals surface area contributed by atoms with Gasteiger partial charge in [0.1, 0.15) is 5.75 Å². The van der Waals surface area contributed by atoms with Crippen molar-refractivity contribution in [1.29, 1.82) is 0 Å². The van der Waals surface area contributed by atoms with Gasteiger partial charge in [-0.1, -0.05) is 12.1 Å². The molecule has 0 amide bonds. The maximum atomic E-state index is 6.31. The molecule has 0 saturated carbocycles. The second kappa shape index (κ2) is 5.41. The van der Waals surface area contributed by atoms with Gasteiger partial charge in [-0.05, 0) is 52.7 Å². The molecule has 0 aromatic heterocycles. The van der Waals surface area contributed by atoms with Gasteiger partial charge >= 0.3 is 0 Å². The number of nitrogens with two attached hydrogens (primary N) is 1. The highest BCUT2D eigenvalue weighted by atomic mass is 16.5. The van der Waals surface area contributed by atoms with E-state index in [-0.39, 0.29) is 17.7 Å². The second-order valence-corrected chi connectivity index (χ2v) is 6.19.